The van der Waals surface area contributed by atoms with E-state index >= 15 is 0 Å². The molecule has 1 aromatic rings. The Bertz CT molecular complexity index is 412. The van der Waals surface area contributed by atoms with Crippen molar-refractivity contribution in [3.05, 3.63) is 29.6 Å². The number of hydrogen-bond donors (Lipinski definition) is 2. The number of carbonyl (C=O) groups is 1. The molecular formula is C13H18FNO2S. The topological polar surface area (TPSA) is 49.3 Å². The van der Waals surface area contributed by atoms with E-state index in [-0.39, 0.29) is 23.3 Å². The number of rotatable bonds is 6. The van der Waals surface area contributed by atoms with Crippen molar-refractivity contribution in [3.8, 4) is 5.75 Å². The van der Waals surface area contributed by atoms with Crippen molar-refractivity contribution in [1.82, 2.24) is 5.32 Å². The van der Waals surface area contributed by atoms with Crippen LogP contribution in [0.25, 0.3) is 0 Å². The second kappa shape index (κ2) is 7.26. The van der Waals surface area contributed by atoms with Crippen LogP contribution in [-0.2, 0) is 0 Å². The summed E-state index contributed by atoms with van der Waals surface area (Å²) in [6.07, 6.45) is 0.867. The first kappa shape index (κ1) is 14.8. The minimum absolute atomic E-state index is 0.0287. The summed E-state index contributed by atoms with van der Waals surface area (Å²) >= 11 is 1.81. The molecule has 1 amide bonds. The molecule has 2 N–H and O–H groups in total. The lowest BCUT2D eigenvalue weighted by Crippen LogP contribution is -2.33. The molecule has 3 nitrogen and oxygen atoms in total. The Labute approximate surface area is 111 Å². The predicted molar refractivity (Wildman–Crippen MR) is 72.6 cm³/mol. The quantitative estimate of drug-likeness (QED) is 0.782. The molecular weight excluding hydrogens is 253 g/mol. The zero-order valence-corrected chi connectivity index (χ0v) is 11.4. The van der Waals surface area contributed by atoms with Gasteiger partial charge in [-0.2, -0.15) is 11.8 Å². The maximum Gasteiger partial charge on any atom is 0.255 e. The number of phenols is 1. The molecule has 0 fully saturated rings. The van der Waals surface area contributed by atoms with Gasteiger partial charge in [0.15, 0.2) is 0 Å². The van der Waals surface area contributed by atoms with E-state index in [1.807, 2.05) is 18.7 Å². The number of phenolic OH excluding ortho intramolecular Hbond substituents is 1. The summed E-state index contributed by atoms with van der Waals surface area (Å²) < 4.78 is 12.8. The highest BCUT2D eigenvalue weighted by molar-refractivity contribution is 7.99. The lowest BCUT2D eigenvalue weighted by molar-refractivity contribution is 0.0937. The highest BCUT2D eigenvalue weighted by Gasteiger charge is 2.13. The average molecular weight is 271 g/mol. The van der Waals surface area contributed by atoms with E-state index in [0.29, 0.717) is 0 Å². The Hall–Kier alpha value is -1.23. The number of thioether (sulfide) groups is 1. The third-order valence-electron chi connectivity index (χ3n) is 2.48. The molecule has 0 aliphatic rings. The van der Waals surface area contributed by atoms with Crippen LogP contribution in [0.2, 0.25) is 0 Å². The lowest BCUT2D eigenvalue weighted by Gasteiger charge is -2.14. The number of amides is 1. The molecule has 5 heteroatoms. The Morgan fingerprint density at radius 1 is 1.56 bits per heavy atom. The molecule has 1 unspecified atom stereocenters. The van der Waals surface area contributed by atoms with Crippen LogP contribution in [0.1, 0.15) is 30.6 Å². The largest absolute Gasteiger partial charge is 0.507 e. The highest BCUT2D eigenvalue weighted by Crippen LogP contribution is 2.18. The average Bonchev–Trinajstić information content (AvgIpc) is 2.28. The van der Waals surface area contributed by atoms with Gasteiger partial charge in [-0.3, -0.25) is 4.79 Å². The third-order valence-corrected chi connectivity index (χ3v) is 3.41. The van der Waals surface area contributed by atoms with Gasteiger partial charge < -0.3 is 10.4 Å². The fraction of sp³-hybridized carbons (Fsp3) is 0.462. The minimum atomic E-state index is -0.559. The number of nitrogens with one attached hydrogen (secondary N) is 1. The van der Waals surface area contributed by atoms with E-state index in [2.05, 4.69) is 12.2 Å². The van der Waals surface area contributed by atoms with Crippen molar-refractivity contribution in [2.24, 2.45) is 0 Å². The van der Waals surface area contributed by atoms with Gasteiger partial charge in [0.1, 0.15) is 11.6 Å². The second-order valence-electron chi connectivity index (χ2n) is 4.02. The van der Waals surface area contributed by atoms with Gasteiger partial charge in [0.25, 0.3) is 5.91 Å². The zero-order chi connectivity index (χ0) is 13.5. The van der Waals surface area contributed by atoms with E-state index in [0.717, 1.165) is 30.1 Å². The Kier molecular flexibility index (Phi) is 5.98. The van der Waals surface area contributed by atoms with Crippen LogP contribution in [0, 0.1) is 5.82 Å². The van der Waals surface area contributed by atoms with Gasteiger partial charge in [0, 0.05) is 12.1 Å². The molecule has 0 bridgehead atoms. The summed E-state index contributed by atoms with van der Waals surface area (Å²) in [5.41, 5.74) is 0.103. The van der Waals surface area contributed by atoms with Gasteiger partial charge in [-0.25, -0.2) is 4.39 Å². The van der Waals surface area contributed by atoms with Crippen LogP contribution >= 0.6 is 11.8 Å². The van der Waals surface area contributed by atoms with Crippen LogP contribution in [0.4, 0.5) is 4.39 Å². The summed E-state index contributed by atoms with van der Waals surface area (Å²) in [7, 11) is 0. The molecule has 1 aromatic carbocycles. The number of benzene rings is 1. The van der Waals surface area contributed by atoms with Crippen molar-refractivity contribution in [3.63, 3.8) is 0 Å². The van der Waals surface area contributed by atoms with Crippen molar-refractivity contribution < 1.29 is 14.3 Å². The zero-order valence-electron chi connectivity index (χ0n) is 10.6. The van der Waals surface area contributed by atoms with Crippen molar-refractivity contribution in [2.75, 3.05) is 11.5 Å². The molecule has 0 aromatic heterocycles. The van der Waals surface area contributed by atoms with Crippen LogP contribution in [0.5, 0.6) is 5.75 Å². The summed E-state index contributed by atoms with van der Waals surface area (Å²) in [6, 6.07) is 3.41. The van der Waals surface area contributed by atoms with Crippen LogP contribution < -0.4 is 5.32 Å². The first-order valence-corrected chi connectivity index (χ1v) is 7.07. The summed E-state index contributed by atoms with van der Waals surface area (Å²) in [5, 5.41) is 12.3. The fourth-order valence-electron chi connectivity index (χ4n) is 1.47. The smallest absolute Gasteiger partial charge is 0.255 e. The van der Waals surface area contributed by atoms with Gasteiger partial charge in [-0.05, 0) is 37.0 Å². The standard InChI is InChI=1S/C13H18FNO2S/c1-3-18-7-6-9(2)15-13(17)11-5-4-10(14)8-12(11)16/h4-5,8-9,16H,3,6-7H2,1-2H3,(H,15,17). The van der Waals surface area contributed by atoms with E-state index in [1.165, 1.54) is 6.07 Å². The lowest BCUT2D eigenvalue weighted by atomic mass is 10.1. The van der Waals surface area contributed by atoms with E-state index < -0.39 is 5.82 Å². The maximum atomic E-state index is 12.8. The van der Waals surface area contributed by atoms with Gasteiger partial charge in [-0.15, -0.1) is 0 Å². The van der Waals surface area contributed by atoms with Gasteiger partial charge >= 0.3 is 0 Å². The van der Waals surface area contributed by atoms with Crippen LogP contribution in [0.3, 0.4) is 0 Å². The van der Waals surface area contributed by atoms with Crippen LogP contribution in [0.15, 0.2) is 18.2 Å². The molecule has 0 aliphatic carbocycles. The van der Waals surface area contributed by atoms with Gasteiger partial charge in [-0.1, -0.05) is 6.92 Å². The number of halogens is 1. The number of aromatic hydroxyl groups is 1. The van der Waals surface area contributed by atoms with Gasteiger partial charge in [0.05, 0.1) is 5.56 Å². The molecule has 0 aliphatic heterocycles. The van der Waals surface area contributed by atoms with E-state index in [4.69, 9.17) is 0 Å². The monoisotopic (exact) mass is 271 g/mol. The molecule has 0 heterocycles. The van der Waals surface area contributed by atoms with Gasteiger partial charge in [0.2, 0.25) is 0 Å². The minimum Gasteiger partial charge on any atom is -0.507 e. The molecule has 18 heavy (non-hydrogen) atoms. The Morgan fingerprint density at radius 2 is 2.28 bits per heavy atom. The second-order valence-corrected chi connectivity index (χ2v) is 5.42. The highest BCUT2D eigenvalue weighted by atomic mass is 32.2. The predicted octanol–water partition coefficient (Wildman–Crippen LogP) is 2.79. The third kappa shape index (κ3) is 4.56. The van der Waals surface area contributed by atoms with Crippen molar-refractivity contribution in [1.29, 1.82) is 0 Å². The SMILES string of the molecule is CCSCCC(C)NC(=O)c1ccc(F)cc1O. The summed E-state index contributed by atoms with van der Waals surface area (Å²) in [4.78, 5) is 11.8. The van der Waals surface area contributed by atoms with E-state index in [1.54, 1.807) is 0 Å². The van der Waals surface area contributed by atoms with E-state index in [9.17, 15) is 14.3 Å². The Balaban J connectivity index is 2.54. The number of hydrogen-bond acceptors (Lipinski definition) is 3. The first-order chi connectivity index (χ1) is 8.54. The fourth-order valence-corrected chi connectivity index (χ4v) is 2.28. The van der Waals surface area contributed by atoms with Crippen molar-refractivity contribution in [2.45, 2.75) is 26.3 Å². The number of carbonyl (C=O) groups excluding carboxylic acids is 1. The molecule has 100 valence electrons. The van der Waals surface area contributed by atoms with Crippen LogP contribution in [-0.4, -0.2) is 28.6 Å². The molecule has 1 rings (SSSR count). The molecule has 0 spiro atoms. The molecule has 0 radical (unpaired) electrons. The summed E-state index contributed by atoms with van der Waals surface area (Å²) in [6.45, 7) is 4.00. The first-order valence-electron chi connectivity index (χ1n) is 5.91. The molecule has 0 saturated carbocycles. The van der Waals surface area contributed by atoms with Crippen molar-refractivity contribution >= 4 is 17.7 Å². The molecule has 0 saturated heterocycles. The Morgan fingerprint density at radius 3 is 2.89 bits per heavy atom. The maximum absolute atomic E-state index is 12.8. The molecule has 1 atom stereocenters. The normalized spacial score (nSPS) is 12.2. The summed E-state index contributed by atoms with van der Waals surface area (Å²) in [5.74, 6) is 0.771.